The number of imidazole rings is 1. The van der Waals surface area contributed by atoms with Gasteiger partial charge in [0, 0.05) is 34.6 Å². The van der Waals surface area contributed by atoms with Crippen molar-refractivity contribution in [2.75, 3.05) is 0 Å². The second-order valence-corrected chi connectivity index (χ2v) is 7.80. The zero-order valence-corrected chi connectivity index (χ0v) is 18.4. The first-order valence-corrected chi connectivity index (χ1v) is 10.7. The number of para-hydroxylation sites is 1. The minimum absolute atomic E-state index is 0.297. The van der Waals surface area contributed by atoms with E-state index in [2.05, 4.69) is 25.8 Å². The number of hydrogen-bond donors (Lipinski definition) is 2. The van der Waals surface area contributed by atoms with Gasteiger partial charge in [-0.15, -0.1) is 0 Å². The highest BCUT2D eigenvalue weighted by Gasteiger charge is 2.15. The molecule has 3 heterocycles. The Labute approximate surface area is 199 Å². The lowest BCUT2D eigenvalue weighted by Crippen LogP contribution is -2.41. The molecule has 9 heteroatoms. The van der Waals surface area contributed by atoms with E-state index in [1.807, 2.05) is 36.4 Å². The van der Waals surface area contributed by atoms with E-state index in [0.29, 0.717) is 38.6 Å². The fourth-order valence-corrected chi connectivity index (χ4v) is 3.58. The van der Waals surface area contributed by atoms with Crippen molar-refractivity contribution in [3.63, 3.8) is 0 Å². The minimum atomic E-state index is -0.491. The number of halogens is 1. The molecule has 8 nitrogen and oxygen atoms in total. The maximum Gasteiger partial charge on any atom is 0.271 e. The monoisotopic (exact) mass is 468 g/mol. The number of fused-ring (bicyclic) bond motifs is 1. The first-order valence-electron chi connectivity index (χ1n) is 10.3. The van der Waals surface area contributed by atoms with Crippen LogP contribution in [0.25, 0.3) is 28.0 Å². The van der Waals surface area contributed by atoms with Crippen LogP contribution in [0.5, 0.6) is 0 Å². The fourth-order valence-electron chi connectivity index (χ4n) is 3.45. The molecule has 2 amide bonds. The van der Waals surface area contributed by atoms with Crippen LogP contribution < -0.4 is 10.9 Å². The third-order valence-electron chi connectivity index (χ3n) is 5.17. The van der Waals surface area contributed by atoms with Crippen LogP contribution in [0.2, 0.25) is 5.02 Å². The standard InChI is InChI=1S/C25H17ClN6O2/c26-18-8-5-16(6-9-18)22-13-20(19-3-1-2-4-21(19)29-22)25(34)31-30-24(33)17-7-10-23(28-14-17)32-12-11-27-15-32/h1-15H,(H,30,33)(H,31,34). The van der Waals surface area contributed by atoms with Crippen molar-refractivity contribution in [3.8, 4) is 17.1 Å². The number of hydrazine groups is 1. The Morgan fingerprint density at radius 1 is 0.912 bits per heavy atom. The maximum absolute atomic E-state index is 13.0. The molecule has 0 radical (unpaired) electrons. The van der Waals surface area contributed by atoms with E-state index in [1.165, 1.54) is 6.20 Å². The average molecular weight is 469 g/mol. The highest BCUT2D eigenvalue weighted by Crippen LogP contribution is 2.26. The van der Waals surface area contributed by atoms with Crippen molar-refractivity contribution >= 4 is 34.3 Å². The number of hydrogen-bond acceptors (Lipinski definition) is 5. The van der Waals surface area contributed by atoms with Crippen LogP contribution in [0.4, 0.5) is 0 Å². The number of aromatic nitrogens is 4. The number of benzene rings is 2. The molecule has 0 fully saturated rings. The van der Waals surface area contributed by atoms with Gasteiger partial charge in [0.2, 0.25) is 0 Å². The molecule has 0 spiro atoms. The SMILES string of the molecule is O=C(NNC(=O)c1cc(-c2ccc(Cl)cc2)nc2ccccc12)c1ccc(-n2ccnc2)nc1. The Balaban J connectivity index is 1.37. The van der Waals surface area contributed by atoms with Gasteiger partial charge in [0.05, 0.1) is 22.3 Å². The largest absolute Gasteiger partial charge is 0.291 e. The van der Waals surface area contributed by atoms with Gasteiger partial charge in [-0.05, 0) is 36.4 Å². The van der Waals surface area contributed by atoms with E-state index < -0.39 is 11.8 Å². The van der Waals surface area contributed by atoms with Crippen LogP contribution in [-0.4, -0.2) is 31.3 Å². The number of nitrogens with zero attached hydrogens (tertiary/aromatic N) is 4. The molecule has 2 N–H and O–H groups in total. The van der Waals surface area contributed by atoms with Crippen molar-refractivity contribution in [1.29, 1.82) is 0 Å². The summed E-state index contributed by atoms with van der Waals surface area (Å²) < 4.78 is 1.72. The Hall–Kier alpha value is -4.56. The van der Waals surface area contributed by atoms with E-state index in [4.69, 9.17) is 11.6 Å². The lowest BCUT2D eigenvalue weighted by molar-refractivity contribution is 0.0847. The van der Waals surface area contributed by atoms with Gasteiger partial charge in [-0.25, -0.2) is 15.0 Å². The van der Waals surface area contributed by atoms with Crippen LogP contribution in [0, 0.1) is 0 Å². The van der Waals surface area contributed by atoms with Gasteiger partial charge in [0.25, 0.3) is 11.8 Å². The molecular weight excluding hydrogens is 452 g/mol. The first kappa shape index (κ1) is 21.3. The second kappa shape index (κ2) is 9.13. The van der Waals surface area contributed by atoms with Crippen molar-refractivity contribution in [3.05, 3.63) is 108 Å². The Bertz CT molecular complexity index is 1480. The summed E-state index contributed by atoms with van der Waals surface area (Å²) >= 11 is 6.00. The summed E-state index contributed by atoms with van der Waals surface area (Å²) in [7, 11) is 0. The van der Waals surface area contributed by atoms with Crippen LogP contribution in [0.15, 0.2) is 91.6 Å². The number of amides is 2. The van der Waals surface area contributed by atoms with E-state index in [-0.39, 0.29) is 0 Å². The molecule has 0 unspecified atom stereocenters. The lowest BCUT2D eigenvalue weighted by atomic mass is 10.0. The molecule has 3 aromatic heterocycles. The summed E-state index contributed by atoms with van der Waals surface area (Å²) in [5, 5.41) is 1.27. The molecule has 166 valence electrons. The number of rotatable bonds is 4. The molecular formula is C25H17ClN6O2. The zero-order valence-electron chi connectivity index (χ0n) is 17.6. The number of nitrogens with one attached hydrogen (secondary N) is 2. The zero-order chi connectivity index (χ0) is 23.5. The lowest BCUT2D eigenvalue weighted by Gasteiger charge is -2.12. The van der Waals surface area contributed by atoms with Crippen molar-refractivity contribution in [2.24, 2.45) is 0 Å². The molecule has 0 atom stereocenters. The summed E-state index contributed by atoms with van der Waals surface area (Å²) in [6.45, 7) is 0. The van der Waals surface area contributed by atoms with Gasteiger partial charge in [-0.2, -0.15) is 0 Å². The van der Waals surface area contributed by atoms with Gasteiger partial charge >= 0.3 is 0 Å². The normalized spacial score (nSPS) is 10.7. The summed E-state index contributed by atoms with van der Waals surface area (Å²) in [4.78, 5) is 38.5. The van der Waals surface area contributed by atoms with Crippen molar-refractivity contribution in [1.82, 2.24) is 30.4 Å². The molecule has 5 aromatic rings. The molecule has 0 saturated heterocycles. The third kappa shape index (κ3) is 4.35. The van der Waals surface area contributed by atoms with E-state index in [0.717, 1.165) is 5.56 Å². The van der Waals surface area contributed by atoms with E-state index >= 15 is 0 Å². The van der Waals surface area contributed by atoms with Gasteiger partial charge in [0.15, 0.2) is 0 Å². The van der Waals surface area contributed by atoms with Gasteiger partial charge in [-0.3, -0.25) is 25.0 Å². The second-order valence-electron chi connectivity index (χ2n) is 7.36. The molecule has 0 aliphatic heterocycles. The average Bonchev–Trinajstić information content (AvgIpc) is 3.42. The van der Waals surface area contributed by atoms with Crippen LogP contribution in [-0.2, 0) is 0 Å². The Morgan fingerprint density at radius 3 is 2.44 bits per heavy atom. The van der Waals surface area contributed by atoms with Gasteiger partial charge < -0.3 is 0 Å². The third-order valence-corrected chi connectivity index (χ3v) is 5.42. The van der Waals surface area contributed by atoms with Crippen LogP contribution in [0.1, 0.15) is 20.7 Å². The highest BCUT2D eigenvalue weighted by molar-refractivity contribution is 6.30. The number of carbonyl (C=O) groups excluding carboxylic acids is 2. The Morgan fingerprint density at radius 2 is 1.71 bits per heavy atom. The quantitative estimate of drug-likeness (QED) is 0.385. The van der Waals surface area contributed by atoms with Crippen molar-refractivity contribution < 1.29 is 9.59 Å². The number of pyridine rings is 2. The summed E-state index contributed by atoms with van der Waals surface area (Å²) in [5.41, 5.74) is 7.70. The van der Waals surface area contributed by atoms with Crippen LogP contribution in [0.3, 0.4) is 0 Å². The van der Waals surface area contributed by atoms with Gasteiger partial charge in [0.1, 0.15) is 12.1 Å². The Kier molecular flexibility index (Phi) is 5.72. The van der Waals surface area contributed by atoms with E-state index in [9.17, 15) is 9.59 Å². The first-order chi connectivity index (χ1) is 16.6. The molecule has 34 heavy (non-hydrogen) atoms. The minimum Gasteiger partial charge on any atom is -0.291 e. The molecule has 0 bridgehead atoms. The predicted octanol–water partition coefficient (Wildman–Crippen LogP) is 4.21. The molecule has 0 saturated carbocycles. The maximum atomic E-state index is 13.0. The van der Waals surface area contributed by atoms with Crippen molar-refractivity contribution in [2.45, 2.75) is 0 Å². The smallest absolute Gasteiger partial charge is 0.271 e. The molecule has 0 aliphatic carbocycles. The van der Waals surface area contributed by atoms with Gasteiger partial charge in [-0.1, -0.05) is 41.9 Å². The number of carbonyl (C=O) groups is 2. The molecule has 2 aromatic carbocycles. The molecule has 0 aliphatic rings. The summed E-state index contributed by atoms with van der Waals surface area (Å²) in [5.74, 6) is -0.337. The topological polar surface area (TPSA) is 102 Å². The van der Waals surface area contributed by atoms with Crippen LogP contribution >= 0.6 is 11.6 Å². The fraction of sp³-hybridized carbons (Fsp3) is 0. The highest BCUT2D eigenvalue weighted by atomic mass is 35.5. The summed E-state index contributed by atoms with van der Waals surface area (Å²) in [6.07, 6.45) is 6.43. The predicted molar refractivity (Wildman–Crippen MR) is 128 cm³/mol. The summed E-state index contributed by atoms with van der Waals surface area (Å²) in [6, 6.07) is 19.5. The molecule has 5 rings (SSSR count). The van der Waals surface area contributed by atoms with E-state index in [1.54, 1.807) is 53.6 Å².